The Morgan fingerprint density at radius 1 is 1.56 bits per heavy atom. The number of rotatable bonds is 3. The monoisotopic (exact) mass is 248 g/mol. The molecule has 2 heterocycles. The number of nitrogens with zero attached hydrogens (tertiary/aromatic N) is 3. The molecule has 2 rings (SSSR count). The van der Waals surface area contributed by atoms with Gasteiger partial charge in [0.25, 0.3) is 0 Å². The van der Waals surface area contributed by atoms with Gasteiger partial charge in [0.1, 0.15) is 5.69 Å². The molecule has 18 heavy (non-hydrogen) atoms. The summed E-state index contributed by atoms with van der Waals surface area (Å²) in [5.74, 6) is 0.680. The molecule has 1 fully saturated rings. The molecule has 1 unspecified atom stereocenters. The predicted molar refractivity (Wildman–Crippen MR) is 72.0 cm³/mol. The lowest BCUT2D eigenvalue weighted by Gasteiger charge is -2.29. The first-order chi connectivity index (χ1) is 8.63. The SMILES string of the molecule is CC(C)C1CCCN1c1ccc(/C(N)=N/O)nc1. The summed E-state index contributed by atoms with van der Waals surface area (Å²) in [4.78, 5) is 6.63. The van der Waals surface area contributed by atoms with Crippen molar-refractivity contribution < 1.29 is 5.21 Å². The number of hydrogen-bond donors (Lipinski definition) is 2. The summed E-state index contributed by atoms with van der Waals surface area (Å²) in [6, 6.07) is 4.36. The molecule has 5 heteroatoms. The van der Waals surface area contributed by atoms with Gasteiger partial charge in [-0.25, -0.2) is 0 Å². The van der Waals surface area contributed by atoms with Crippen molar-refractivity contribution in [2.24, 2.45) is 16.8 Å². The largest absolute Gasteiger partial charge is 0.409 e. The molecule has 3 N–H and O–H groups in total. The highest BCUT2D eigenvalue weighted by Gasteiger charge is 2.27. The van der Waals surface area contributed by atoms with Crippen LogP contribution >= 0.6 is 0 Å². The highest BCUT2D eigenvalue weighted by atomic mass is 16.4. The first-order valence-corrected chi connectivity index (χ1v) is 6.34. The average Bonchev–Trinajstić information content (AvgIpc) is 2.87. The van der Waals surface area contributed by atoms with Crippen LogP contribution in [0, 0.1) is 5.92 Å². The van der Waals surface area contributed by atoms with Gasteiger partial charge in [0.05, 0.1) is 11.9 Å². The molecule has 5 nitrogen and oxygen atoms in total. The molecule has 1 atom stereocenters. The molecule has 1 aliphatic rings. The summed E-state index contributed by atoms with van der Waals surface area (Å²) in [6.07, 6.45) is 4.26. The zero-order valence-corrected chi connectivity index (χ0v) is 10.9. The number of oxime groups is 1. The fraction of sp³-hybridized carbons (Fsp3) is 0.538. The summed E-state index contributed by atoms with van der Waals surface area (Å²) >= 11 is 0. The molecule has 1 saturated heterocycles. The van der Waals surface area contributed by atoms with Crippen LogP contribution in [0.1, 0.15) is 32.4 Å². The summed E-state index contributed by atoms with van der Waals surface area (Å²) in [6.45, 7) is 5.58. The number of pyridine rings is 1. The van der Waals surface area contributed by atoms with Gasteiger partial charge in [-0.1, -0.05) is 19.0 Å². The Hall–Kier alpha value is -1.78. The van der Waals surface area contributed by atoms with E-state index in [0.717, 1.165) is 12.2 Å². The van der Waals surface area contributed by atoms with Gasteiger partial charge in [-0.05, 0) is 30.9 Å². The van der Waals surface area contributed by atoms with E-state index in [-0.39, 0.29) is 5.84 Å². The van der Waals surface area contributed by atoms with E-state index >= 15 is 0 Å². The molecule has 98 valence electrons. The first kappa shape index (κ1) is 12.7. The third kappa shape index (κ3) is 2.39. The van der Waals surface area contributed by atoms with Gasteiger partial charge >= 0.3 is 0 Å². The Morgan fingerprint density at radius 2 is 2.33 bits per heavy atom. The van der Waals surface area contributed by atoms with Gasteiger partial charge in [-0.3, -0.25) is 4.98 Å². The topological polar surface area (TPSA) is 74.7 Å². The van der Waals surface area contributed by atoms with E-state index in [2.05, 4.69) is 28.9 Å². The fourth-order valence-electron chi connectivity index (χ4n) is 2.56. The van der Waals surface area contributed by atoms with Gasteiger partial charge in [0, 0.05) is 12.6 Å². The van der Waals surface area contributed by atoms with Crippen molar-refractivity contribution in [1.82, 2.24) is 4.98 Å². The second-order valence-electron chi connectivity index (χ2n) is 5.03. The van der Waals surface area contributed by atoms with Crippen molar-refractivity contribution in [1.29, 1.82) is 0 Å². The Labute approximate surface area is 107 Å². The number of nitrogens with two attached hydrogens (primary N) is 1. The minimum atomic E-state index is 0.0448. The maximum atomic E-state index is 8.60. The van der Waals surface area contributed by atoms with Crippen LogP contribution in [0.25, 0.3) is 0 Å². The Kier molecular flexibility index (Phi) is 3.69. The van der Waals surface area contributed by atoms with Crippen molar-refractivity contribution in [3.8, 4) is 0 Å². The standard InChI is InChI=1S/C13H20N4O/c1-9(2)12-4-3-7-17(12)10-5-6-11(15-8-10)13(14)16-18/h5-6,8-9,12,18H,3-4,7H2,1-2H3,(H2,14,16). The predicted octanol–water partition coefficient (Wildman–Crippen LogP) is 1.80. The van der Waals surface area contributed by atoms with E-state index in [4.69, 9.17) is 10.9 Å². The summed E-state index contributed by atoms with van der Waals surface area (Å²) in [5, 5.41) is 11.5. The molecule has 0 spiro atoms. The number of anilines is 1. The van der Waals surface area contributed by atoms with Crippen molar-refractivity contribution in [2.45, 2.75) is 32.7 Å². The van der Waals surface area contributed by atoms with Crippen LogP contribution in [0.3, 0.4) is 0 Å². The van der Waals surface area contributed by atoms with E-state index in [0.29, 0.717) is 17.7 Å². The third-order valence-electron chi connectivity index (χ3n) is 3.52. The quantitative estimate of drug-likeness (QED) is 0.370. The second kappa shape index (κ2) is 5.25. The van der Waals surface area contributed by atoms with Crippen LogP contribution in [0.15, 0.2) is 23.5 Å². The molecule has 0 radical (unpaired) electrons. The number of hydrogen-bond acceptors (Lipinski definition) is 4. The summed E-state index contributed by atoms with van der Waals surface area (Å²) in [5.41, 5.74) is 7.11. The van der Waals surface area contributed by atoms with E-state index < -0.39 is 0 Å². The molecule has 1 aromatic rings. The van der Waals surface area contributed by atoms with E-state index in [1.165, 1.54) is 12.8 Å². The molecular formula is C13H20N4O. The van der Waals surface area contributed by atoms with Gasteiger partial charge < -0.3 is 15.8 Å². The molecule has 0 aromatic carbocycles. The molecular weight excluding hydrogens is 228 g/mol. The minimum absolute atomic E-state index is 0.0448. The minimum Gasteiger partial charge on any atom is -0.409 e. The van der Waals surface area contributed by atoms with Crippen LogP contribution < -0.4 is 10.6 Å². The molecule has 0 amide bonds. The smallest absolute Gasteiger partial charge is 0.188 e. The number of aromatic nitrogens is 1. The Morgan fingerprint density at radius 3 is 2.89 bits per heavy atom. The number of amidine groups is 1. The third-order valence-corrected chi connectivity index (χ3v) is 3.52. The molecule has 0 aliphatic carbocycles. The maximum Gasteiger partial charge on any atom is 0.188 e. The zero-order chi connectivity index (χ0) is 13.1. The van der Waals surface area contributed by atoms with Crippen molar-refractivity contribution in [2.75, 3.05) is 11.4 Å². The van der Waals surface area contributed by atoms with E-state index in [1.807, 2.05) is 6.07 Å². The van der Waals surface area contributed by atoms with Crippen LogP contribution in [-0.2, 0) is 0 Å². The molecule has 0 saturated carbocycles. The molecule has 1 aromatic heterocycles. The second-order valence-corrected chi connectivity index (χ2v) is 5.03. The fourth-order valence-corrected chi connectivity index (χ4v) is 2.56. The van der Waals surface area contributed by atoms with Crippen molar-refractivity contribution in [3.05, 3.63) is 24.0 Å². The lowest BCUT2D eigenvalue weighted by atomic mass is 10.0. The Balaban J connectivity index is 2.19. The van der Waals surface area contributed by atoms with Gasteiger partial charge in [-0.15, -0.1) is 0 Å². The molecule has 0 bridgehead atoms. The zero-order valence-electron chi connectivity index (χ0n) is 10.9. The van der Waals surface area contributed by atoms with Gasteiger partial charge in [-0.2, -0.15) is 0 Å². The summed E-state index contributed by atoms with van der Waals surface area (Å²) in [7, 11) is 0. The summed E-state index contributed by atoms with van der Waals surface area (Å²) < 4.78 is 0. The van der Waals surface area contributed by atoms with Crippen LogP contribution in [0.5, 0.6) is 0 Å². The van der Waals surface area contributed by atoms with Crippen LogP contribution in [0.2, 0.25) is 0 Å². The van der Waals surface area contributed by atoms with Crippen LogP contribution in [0.4, 0.5) is 5.69 Å². The van der Waals surface area contributed by atoms with Gasteiger partial charge in [0.2, 0.25) is 0 Å². The highest BCUT2D eigenvalue weighted by Crippen LogP contribution is 2.29. The first-order valence-electron chi connectivity index (χ1n) is 6.34. The van der Waals surface area contributed by atoms with Gasteiger partial charge in [0.15, 0.2) is 5.84 Å². The lowest BCUT2D eigenvalue weighted by Crippen LogP contribution is -2.33. The van der Waals surface area contributed by atoms with E-state index in [9.17, 15) is 0 Å². The lowest BCUT2D eigenvalue weighted by molar-refractivity contribution is 0.318. The van der Waals surface area contributed by atoms with Crippen molar-refractivity contribution >= 4 is 11.5 Å². The van der Waals surface area contributed by atoms with Crippen LogP contribution in [-0.4, -0.2) is 28.6 Å². The highest BCUT2D eigenvalue weighted by molar-refractivity contribution is 5.95. The molecule has 1 aliphatic heterocycles. The van der Waals surface area contributed by atoms with Crippen molar-refractivity contribution in [3.63, 3.8) is 0 Å². The van der Waals surface area contributed by atoms with E-state index in [1.54, 1.807) is 12.3 Å². The maximum absolute atomic E-state index is 8.60. The normalized spacial score (nSPS) is 20.7. The average molecular weight is 248 g/mol. The Bertz CT molecular complexity index is 427.